The molecule has 7 heteroatoms. The first-order valence-corrected chi connectivity index (χ1v) is 9.80. The van der Waals surface area contributed by atoms with Gasteiger partial charge in [-0.05, 0) is 37.1 Å². The number of rotatable bonds is 2. The number of amides is 2. The zero-order valence-electron chi connectivity index (χ0n) is 16.7. The molecule has 148 valence electrons. The fourth-order valence-corrected chi connectivity index (χ4v) is 4.61. The maximum atomic E-state index is 13.0. The second-order valence-electron chi connectivity index (χ2n) is 7.92. The van der Waals surface area contributed by atoms with Crippen LogP contribution in [0, 0.1) is 0 Å². The second kappa shape index (κ2) is 6.96. The molecule has 28 heavy (non-hydrogen) atoms. The Kier molecular flexibility index (Phi) is 4.61. The van der Waals surface area contributed by atoms with Crippen LogP contribution >= 0.6 is 0 Å². The van der Waals surface area contributed by atoms with Crippen LogP contribution < -0.4 is 4.90 Å². The van der Waals surface area contributed by atoms with Crippen molar-refractivity contribution in [1.29, 1.82) is 0 Å². The summed E-state index contributed by atoms with van der Waals surface area (Å²) in [5, 5.41) is 0. The van der Waals surface area contributed by atoms with E-state index in [1.54, 1.807) is 13.3 Å². The number of carbonyl (C=O) groups is 2. The van der Waals surface area contributed by atoms with Gasteiger partial charge < -0.3 is 19.7 Å². The van der Waals surface area contributed by atoms with Gasteiger partial charge >= 0.3 is 0 Å². The van der Waals surface area contributed by atoms with E-state index in [2.05, 4.69) is 9.97 Å². The van der Waals surface area contributed by atoms with Crippen LogP contribution in [0.5, 0.6) is 0 Å². The summed E-state index contributed by atoms with van der Waals surface area (Å²) in [4.78, 5) is 39.0. The molecule has 0 unspecified atom stereocenters. The lowest BCUT2D eigenvalue weighted by Gasteiger charge is -2.50. The number of carbonyl (C=O) groups excluding carboxylic acids is 2. The van der Waals surface area contributed by atoms with Crippen LogP contribution in [0.4, 0.5) is 5.69 Å². The van der Waals surface area contributed by atoms with E-state index in [0.717, 1.165) is 23.5 Å². The average Bonchev–Trinajstić information content (AvgIpc) is 3.18. The summed E-state index contributed by atoms with van der Waals surface area (Å²) in [5.74, 6) is 0.125. The highest BCUT2D eigenvalue weighted by atomic mass is 16.2. The number of hydrogen-bond donors (Lipinski definition) is 1. The molecule has 1 aromatic heterocycles. The number of nitrogens with one attached hydrogen (secondary N) is 1. The fourth-order valence-electron chi connectivity index (χ4n) is 4.61. The highest BCUT2D eigenvalue weighted by Crippen LogP contribution is 2.42. The molecule has 2 amide bonds. The number of likely N-dealkylation sites (tertiary alicyclic amines) is 1. The molecule has 0 radical (unpaired) electrons. The number of H-pyrrole nitrogens is 1. The Labute approximate surface area is 165 Å². The minimum atomic E-state index is -0.398. The minimum Gasteiger partial charge on any atom is -0.378 e. The van der Waals surface area contributed by atoms with Gasteiger partial charge in [-0.2, -0.15) is 0 Å². The molecular formula is C21H27N5O2. The lowest BCUT2D eigenvalue weighted by Crippen LogP contribution is -2.58. The molecule has 2 aliphatic heterocycles. The van der Waals surface area contributed by atoms with Gasteiger partial charge in [0.05, 0.1) is 17.6 Å². The van der Waals surface area contributed by atoms with Crippen molar-refractivity contribution in [2.24, 2.45) is 0 Å². The summed E-state index contributed by atoms with van der Waals surface area (Å²) < 4.78 is 0. The lowest BCUT2D eigenvalue weighted by atomic mass is 9.78. The molecule has 2 aliphatic rings. The highest BCUT2D eigenvalue weighted by Gasteiger charge is 2.48. The molecule has 0 aliphatic carbocycles. The summed E-state index contributed by atoms with van der Waals surface area (Å²) in [5.41, 5.74) is 3.48. The summed E-state index contributed by atoms with van der Waals surface area (Å²) in [6, 6.07) is 7.70. The molecular weight excluding hydrogens is 354 g/mol. The van der Waals surface area contributed by atoms with Crippen molar-refractivity contribution in [1.82, 2.24) is 19.8 Å². The minimum absolute atomic E-state index is 0.0487. The first-order chi connectivity index (χ1) is 13.4. The van der Waals surface area contributed by atoms with Crippen LogP contribution in [0.25, 0.3) is 0 Å². The zero-order chi connectivity index (χ0) is 19.9. The van der Waals surface area contributed by atoms with Crippen LogP contribution in [-0.4, -0.2) is 65.3 Å². The molecule has 1 spiro atoms. The Balaban J connectivity index is 1.53. The number of piperidine rings is 1. The third kappa shape index (κ3) is 2.95. The van der Waals surface area contributed by atoms with Crippen molar-refractivity contribution in [2.75, 3.05) is 38.6 Å². The number of fused-ring (bicyclic) bond motifs is 2. The van der Waals surface area contributed by atoms with Crippen LogP contribution in [0.3, 0.4) is 0 Å². The Hall–Kier alpha value is -2.83. The van der Waals surface area contributed by atoms with E-state index < -0.39 is 5.54 Å². The Morgan fingerprint density at radius 3 is 2.39 bits per heavy atom. The molecule has 0 saturated carbocycles. The van der Waals surface area contributed by atoms with E-state index in [-0.39, 0.29) is 11.8 Å². The number of imidazole rings is 1. The normalized spacial score (nSPS) is 18.1. The van der Waals surface area contributed by atoms with Crippen molar-refractivity contribution >= 4 is 17.5 Å². The van der Waals surface area contributed by atoms with Crippen LogP contribution in [0.1, 0.15) is 41.5 Å². The van der Waals surface area contributed by atoms with Gasteiger partial charge in [0.1, 0.15) is 0 Å². The van der Waals surface area contributed by atoms with Gasteiger partial charge in [-0.3, -0.25) is 9.59 Å². The highest BCUT2D eigenvalue weighted by molar-refractivity contribution is 5.94. The smallest absolute Gasteiger partial charge is 0.253 e. The quantitative estimate of drug-likeness (QED) is 0.864. The van der Waals surface area contributed by atoms with E-state index >= 15 is 0 Å². The number of nitrogens with zero attached hydrogens (tertiary/aromatic N) is 4. The summed E-state index contributed by atoms with van der Waals surface area (Å²) >= 11 is 0. The van der Waals surface area contributed by atoms with Crippen LogP contribution in [-0.2, 0) is 16.8 Å². The van der Waals surface area contributed by atoms with Crippen LogP contribution in [0.2, 0.25) is 0 Å². The molecule has 1 aromatic carbocycles. The van der Waals surface area contributed by atoms with Gasteiger partial charge in [0.25, 0.3) is 5.91 Å². The third-order valence-electron chi connectivity index (χ3n) is 6.15. The summed E-state index contributed by atoms with van der Waals surface area (Å²) in [7, 11) is 3.96. The van der Waals surface area contributed by atoms with E-state index in [9.17, 15) is 9.59 Å². The van der Waals surface area contributed by atoms with Gasteiger partial charge in [-0.15, -0.1) is 0 Å². The van der Waals surface area contributed by atoms with Gasteiger partial charge in [0, 0.05) is 64.0 Å². The van der Waals surface area contributed by atoms with Crippen molar-refractivity contribution < 1.29 is 9.59 Å². The van der Waals surface area contributed by atoms with Gasteiger partial charge in [-0.1, -0.05) is 0 Å². The molecule has 2 aromatic rings. The molecule has 0 atom stereocenters. The molecule has 1 saturated heterocycles. The molecule has 1 fully saturated rings. The number of anilines is 1. The monoisotopic (exact) mass is 381 g/mol. The average molecular weight is 381 g/mol. The predicted octanol–water partition coefficient (Wildman–Crippen LogP) is 2.01. The van der Waals surface area contributed by atoms with Crippen molar-refractivity contribution in [3.05, 3.63) is 47.5 Å². The number of aromatic amines is 1. The molecule has 1 N–H and O–H groups in total. The van der Waals surface area contributed by atoms with Crippen LogP contribution in [0.15, 0.2) is 30.6 Å². The van der Waals surface area contributed by atoms with Crippen molar-refractivity contribution in [3.8, 4) is 0 Å². The van der Waals surface area contributed by atoms with E-state index in [0.29, 0.717) is 38.0 Å². The number of benzene rings is 1. The first-order valence-electron chi connectivity index (χ1n) is 9.80. The molecule has 7 nitrogen and oxygen atoms in total. The molecule has 3 heterocycles. The van der Waals surface area contributed by atoms with Gasteiger partial charge in [0.15, 0.2) is 0 Å². The predicted molar refractivity (Wildman–Crippen MR) is 107 cm³/mol. The molecule has 0 bridgehead atoms. The topological polar surface area (TPSA) is 72.5 Å². The van der Waals surface area contributed by atoms with E-state index in [4.69, 9.17) is 0 Å². The Bertz CT molecular complexity index is 878. The van der Waals surface area contributed by atoms with Gasteiger partial charge in [-0.25, -0.2) is 4.98 Å². The number of aromatic nitrogens is 2. The van der Waals surface area contributed by atoms with E-state index in [1.807, 2.05) is 53.1 Å². The van der Waals surface area contributed by atoms with Gasteiger partial charge in [0.2, 0.25) is 5.91 Å². The SMILES string of the molecule is CC(=O)N1CCc2[nH]cnc2C12CCN(C(=O)c1ccc(N(C)C)cc1)CC2. The number of hydrogen-bond acceptors (Lipinski definition) is 4. The van der Waals surface area contributed by atoms with Crippen molar-refractivity contribution in [2.45, 2.75) is 31.7 Å². The zero-order valence-corrected chi connectivity index (χ0v) is 16.7. The van der Waals surface area contributed by atoms with E-state index in [1.165, 1.54) is 0 Å². The Morgan fingerprint density at radius 1 is 1.11 bits per heavy atom. The van der Waals surface area contributed by atoms with Crippen molar-refractivity contribution in [3.63, 3.8) is 0 Å². The maximum Gasteiger partial charge on any atom is 0.253 e. The summed E-state index contributed by atoms with van der Waals surface area (Å²) in [6.07, 6.45) is 3.95. The lowest BCUT2D eigenvalue weighted by molar-refractivity contribution is -0.139. The largest absolute Gasteiger partial charge is 0.378 e. The Morgan fingerprint density at radius 2 is 1.79 bits per heavy atom. The summed E-state index contributed by atoms with van der Waals surface area (Å²) in [6.45, 7) is 3.56. The second-order valence-corrected chi connectivity index (χ2v) is 7.92. The standard InChI is InChI=1S/C21H27N5O2/c1-15(27)26-11-8-18-19(23-14-22-18)21(26)9-12-25(13-10-21)20(28)16-4-6-17(7-5-16)24(2)3/h4-7,14H,8-13H2,1-3H3,(H,22,23). The maximum absolute atomic E-state index is 13.0. The fraction of sp³-hybridized carbons (Fsp3) is 0.476. The molecule has 4 rings (SSSR count). The first kappa shape index (κ1) is 18.5. The third-order valence-corrected chi connectivity index (χ3v) is 6.15.